The lowest BCUT2D eigenvalue weighted by Gasteiger charge is -2.31. The summed E-state index contributed by atoms with van der Waals surface area (Å²) in [5.74, 6) is -1.86. The predicted octanol–water partition coefficient (Wildman–Crippen LogP) is 2.48. The Labute approximate surface area is 163 Å². The van der Waals surface area contributed by atoms with Crippen LogP contribution >= 0.6 is 11.3 Å². The average molecular weight is 385 g/mol. The van der Waals surface area contributed by atoms with Crippen LogP contribution in [0.1, 0.15) is 41.6 Å². The van der Waals surface area contributed by atoms with Gasteiger partial charge >= 0.3 is 7.12 Å². The van der Waals surface area contributed by atoms with Crippen LogP contribution in [0.25, 0.3) is 0 Å². The smallest absolute Gasteiger partial charge is 0.426 e. The minimum atomic E-state index is -1.65. The Balaban J connectivity index is 1.71. The van der Waals surface area contributed by atoms with Crippen molar-refractivity contribution in [2.45, 2.75) is 38.0 Å². The summed E-state index contributed by atoms with van der Waals surface area (Å²) in [6, 6.07) is 11.0. The molecule has 1 heterocycles. The van der Waals surface area contributed by atoms with Gasteiger partial charge in [-0.2, -0.15) is 11.3 Å². The number of hydrogen-bond acceptors (Lipinski definition) is 5. The number of rotatable bonds is 7. The van der Waals surface area contributed by atoms with E-state index in [1.54, 1.807) is 12.1 Å². The van der Waals surface area contributed by atoms with E-state index in [-0.39, 0.29) is 17.6 Å². The van der Waals surface area contributed by atoms with E-state index in [9.17, 15) is 19.6 Å². The predicted molar refractivity (Wildman–Crippen MR) is 106 cm³/mol. The van der Waals surface area contributed by atoms with Gasteiger partial charge in [0, 0.05) is 17.4 Å². The number of thiophene rings is 1. The topological polar surface area (TPSA) is 86.6 Å². The first-order valence-electron chi connectivity index (χ1n) is 9.33. The van der Waals surface area contributed by atoms with E-state index in [2.05, 4.69) is 5.32 Å². The molecule has 1 aliphatic rings. The zero-order chi connectivity index (χ0) is 19.2. The summed E-state index contributed by atoms with van der Waals surface area (Å²) in [4.78, 5) is 25.8. The summed E-state index contributed by atoms with van der Waals surface area (Å²) >= 11 is 1.52. The van der Waals surface area contributed by atoms with E-state index in [4.69, 9.17) is 0 Å². The number of benzene rings is 1. The molecule has 2 aromatic rings. The maximum absolute atomic E-state index is 12.9. The maximum Gasteiger partial charge on any atom is 0.475 e. The van der Waals surface area contributed by atoms with Crippen LogP contribution < -0.4 is 5.32 Å². The van der Waals surface area contributed by atoms with Crippen molar-refractivity contribution in [1.82, 2.24) is 5.32 Å². The SMILES string of the molecule is O=C(NC(Cc1ccsc1)B(O)O)C1CCCC[C@@H]1C(=O)c1ccccc1. The Morgan fingerprint density at radius 3 is 2.44 bits per heavy atom. The fourth-order valence-corrected chi connectivity index (χ4v) is 4.44. The van der Waals surface area contributed by atoms with Gasteiger partial charge < -0.3 is 15.4 Å². The van der Waals surface area contributed by atoms with Crippen molar-refractivity contribution in [3.63, 3.8) is 0 Å². The Morgan fingerprint density at radius 2 is 1.81 bits per heavy atom. The van der Waals surface area contributed by atoms with Crippen LogP contribution in [0.4, 0.5) is 0 Å². The van der Waals surface area contributed by atoms with Gasteiger partial charge in [0.25, 0.3) is 0 Å². The summed E-state index contributed by atoms with van der Waals surface area (Å²) in [6.45, 7) is 0. The van der Waals surface area contributed by atoms with Crippen molar-refractivity contribution in [2.75, 3.05) is 0 Å². The van der Waals surface area contributed by atoms with Gasteiger partial charge in [0.15, 0.2) is 5.78 Å². The lowest BCUT2D eigenvalue weighted by molar-refractivity contribution is -0.127. The van der Waals surface area contributed by atoms with Crippen molar-refractivity contribution in [3.8, 4) is 0 Å². The maximum atomic E-state index is 12.9. The van der Waals surface area contributed by atoms with Gasteiger partial charge in [0.05, 0.1) is 5.94 Å². The standard InChI is InChI=1S/C20H24BNO4S/c23-19(15-6-2-1-3-7-15)16-8-4-5-9-17(16)20(24)22-18(21(25)26)12-14-10-11-27-13-14/h1-3,6-7,10-11,13,16-18,25-26H,4-5,8-9,12H2,(H,22,24)/t16-,17?,18?/m0/s1. The lowest BCUT2D eigenvalue weighted by atomic mass is 9.73. The first-order chi connectivity index (χ1) is 13.1. The summed E-state index contributed by atoms with van der Waals surface area (Å²) in [5.41, 5.74) is 1.57. The molecule has 1 saturated carbocycles. The first kappa shape index (κ1) is 19.8. The van der Waals surface area contributed by atoms with Gasteiger partial charge in [-0.1, -0.05) is 43.2 Å². The summed E-state index contributed by atoms with van der Waals surface area (Å²) in [7, 11) is -1.65. The second kappa shape index (κ2) is 9.31. The van der Waals surface area contributed by atoms with E-state index < -0.39 is 19.0 Å². The Bertz CT molecular complexity index is 751. The molecule has 0 bridgehead atoms. The van der Waals surface area contributed by atoms with Crippen molar-refractivity contribution >= 4 is 30.1 Å². The second-order valence-electron chi connectivity index (χ2n) is 7.09. The van der Waals surface area contributed by atoms with E-state index in [0.717, 1.165) is 18.4 Å². The molecule has 1 amide bonds. The Kier molecular flexibility index (Phi) is 6.82. The highest BCUT2D eigenvalue weighted by Crippen LogP contribution is 2.33. The van der Waals surface area contributed by atoms with Crippen LogP contribution in [0.5, 0.6) is 0 Å². The molecular formula is C20H24BNO4S. The zero-order valence-electron chi connectivity index (χ0n) is 15.1. The van der Waals surface area contributed by atoms with Gasteiger partial charge in [0.1, 0.15) is 0 Å². The molecular weight excluding hydrogens is 361 g/mol. The molecule has 1 aromatic heterocycles. The molecule has 1 aromatic carbocycles. The second-order valence-corrected chi connectivity index (χ2v) is 7.87. The molecule has 3 atom stereocenters. The van der Waals surface area contributed by atoms with Crippen molar-refractivity contribution < 1.29 is 19.6 Å². The fraction of sp³-hybridized carbons (Fsp3) is 0.400. The first-order valence-corrected chi connectivity index (χ1v) is 10.3. The molecule has 142 valence electrons. The van der Waals surface area contributed by atoms with Gasteiger partial charge in [-0.3, -0.25) is 9.59 Å². The number of Topliss-reactive ketones (excluding diaryl/α,β-unsaturated/α-hetero) is 1. The molecule has 2 unspecified atom stereocenters. The average Bonchev–Trinajstić information content (AvgIpc) is 3.20. The number of ketones is 1. The number of hydrogen-bond donors (Lipinski definition) is 3. The summed E-state index contributed by atoms with van der Waals surface area (Å²) in [5, 5.41) is 26.0. The van der Waals surface area contributed by atoms with Crippen molar-refractivity contribution in [3.05, 3.63) is 58.3 Å². The Hall–Kier alpha value is -1.96. The molecule has 0 aliphatic heterocycles. The highest BCUT2D eigenvalue weighted by Gasteiger charge is 2.38. The van der Waals surface area contributed by atoms with Crippen molar-refractivity contribution in [1.29, 1.82) is 0 Å². The fourth-order valence-electron chi connectivity index (χ4n) is 3.76. The van der Waals surface area contributed by atoms with Crippen LogP contribution in [0, 0.1) is 11.8 Å². The minimum Gasteiger partial charge on any atom is -0.426 e. The molecule has 1 aliphatic carbocycles. The molecule has 3 rings (SSSR count). The third-order valence-electron chi connectivity index (χ3n) is 5.22. The monoisotopic (exact) mass is 385 g/mol. The van der Waals surface area contributed by atoms with E-state index >= 15 is 0 Å². The van der Waals surface area contributed by atoms with Gasteiger partial charge in [-0.05, 0) is 41.7 Å². The minimum absolute atomic E-state index is 0.00520. The number of amides is 1. The van der Waals surface area contributed by atoms with Crippen LogP contribution in [-0.4, -0.2) is 34.8 Å². The number of nitrogens with one attached hydrogen (secondary N) is 1. The molecule has 3 N–H and O–H groups in total. The zero-order valence-corrected chi connectivity index (χ0v) is 15.9. The molecule has 5 nitrogen and oxygen atoms in total. The van der Waals surface area contributed by atoms with Crippen molar-refractivity contribution in [2.24, 2.45) is 11.8 Å². The van der Waals surface area contributed by atoms with Crippen LogP contribution in [0.15, 0.2) is 47.2 Å². The quantitative estimate of drug-likeness (QED) is 0.505. The van der Waals surface area contributed by atoms with Crippen LogP contribution in [0.3, 0.4) is 0 Å². The molecule has 27 heavy (non-hydrogen) atoms. The molecule has 1 fully saturated rings. The summed E-state index contributed by atoms with van der Waals surface area (Å²) in [6.07, 6.45) is 3.49. The van der Waals surface area contributed by atoms with E-state index in [1.807, 2.05) is 35.0 Å². The van der Waals surface area contributed by atoms with Crippen LogP contribution in [0.2, 0.25) is 0 Å². The normalized spacial score (nSPS) is 20.7. The number of carbonyl (C=O) groups is 2. The van der Waals surface area contributed by atoms with Gasteiger partial charge in [-0.15, -0.1) is 0 Å². The molecule has 7 heteroatoms. The molecule has 0 saturated heterocycles. The molecule has 0 spiro atoms. The van der Waals surface area contributed by atoms with E-state index in [0.29, 0.717) is 24.8 Å². The largest absolute Gasteiger partial charge is 0.475 e. The van der Waals surface area contributed by atoms with Gasteiger partial charge in [-0.25, -0.2) is 0 Å². The molecule has 0 radical (unpaired) electrons. The van der Waals surface area contributed by atoms with Crippen LogP contribution in [-0.2, 0) is 11.2 Å². The highest BCUT2D eigenvalue weighted by atomic mass is 32.1. The van der Waals surface area contributed by atoms with E-state index in [1.165, 1.54) is 11.3 Å². The Morgan fingerprint density at radius 1 is 1.11 bits per heavy atom. The highest BCUT2D eigenvalue weighted by molar-refractivity contribution is 7.07. The lowest BCUT2D eigenvalue weighted by Crippen LogP contribution is -2.51. The summed E-state index contributed by atoms with van der Waals surface area (Å²) < 4.78 is 0. The third kappa shape index (κ3) is 5.06. The number of carbonyl (C=O) groups excluding carboxylic acids is 2. The third-order valence-corrected chi connectivity index (χ3v) is 5.95. The van der Waals surface area contributed by atoms with Gasteiger partial charge in [0.2, 0.25) is 5.91 Å².